The van der Waals surface area contributed by atoms with E-state index in [4.69, 9.17) is 9.47 Å². The molecule has 0 fully saturated rings. The zero-order valence-electron chi connectivity index (χ0n) is 17.2. The first kappa shape index (κ1) is 20.5. The molecule has 1 atom stereocenters. The zero-order valence-corrected chi connectivity index (χ0v) is 18.0. The summed E-state index contributed by atoms with van der Waals surface area (Å²) in [5.74, 6) is 1.16. The summed E-state index contributed by atoms with van der Waals surface area (Å²) in [6.45, 7) is 3.16. The van der Waals surface area contributed by atoms with Gasteiger partial charge in [0.1, 0.15) is 13.2 Å². The molecule has 0 unspecified atom stereocenters. The Kier molecular flexibility index (Phi) is 5.60. The Balaban J connectivity index is 1.45. The van der Waals surface area contributed by atoms with Crippen molar-refractivity contribution < 1.29 is 22.7 Å². The molecule has 0 bridgehead atoms. The molecule has 0 aliphatic carbocycles. The molecule has 2 aliphatic heterocycles. The number of ether oxygens (including phenoxy) is 2. The lowest BCUT2D eigenvalue weighted by molar-refractivity contribution is -0.118. The summed E-state index contributed by atoms with van der Waals surface area (Å²) in [4.78, 5) is 14.7. The Hall–Kier alpha value is -2.74. The number of carbonyl (C=O) groups is 1. The molecule has 7 nitrogen and oxygen atoms in total. The van der Waals surface area contributed by atoms with Gasteiger partial charge in [-0.15, -0.1) is 0 Å². The highest BCUT2D eigenvalue weighted by atomic mass is 32.2. The third-order valence-corrected chi connectivity index (χ3v) is 6.64. The lowest BCUT2D eigenvalue weighted by atomic mass is 10.1. The molecule has 0 spiro atoms. The highest BCUT2D eigenvalue weighted by molar-refractivity contribution is 7.92. The topological polar surface area (TPSA) is 76.2 Å². The highest BCUT2D eigenvalue weighted by Crippen LogP contribution is 2.35. The molecular weight excluding hydrogens is 404 g/mol. The van der Waals surface area contributed by atoms with Crippen molar-refractivity contribution in [1.82, 2.24) is 0 Å². The van der Waals surface area contributed by atoms with E-state index in [0.29, 0.717) is 36.8 Å². The van der Waals surface area contributed by atoms with E-state index in [1.165, 1.54) is 16.1 Å². The average Bonchev–Trinajstić information content (AvgIpc) is 3.05. The van der Waals surface area contributed by atoms with Crippen molar-refractivity contribution in [2.45, 2.75) is 32.2 Å². The van der Waals surface area contributed by atoms with Gasteiger partial charge in [0.2, 0.25) is 15.9 Å². The largest absolute Gasteiger partial charge is 0.486 e. The molecule has 0 saturated carbocycles. The molecule has 0 N–H and O–H groups in total. The van der Waals surface area contributed by atoms with Crippen LogP contribution in [0.4, 0.5) is 11.4 Å². The van der Waals surface area contributed by atoms with Crippen molar-refractivity contribution in [2.75, 3.05) is 35.2 Å². The van der Waals surface area contributed by atoms with E-state index >= 15 is 0 Å². The van der Waals surface area contributed by atoms with Crippen LogP contribution >= 0.6 is 0 Å². The first-order chi connectivity index (χ1) is 14.3. The van der Waals surface area contributed by atoms with E-state index in [9.17, 15) is 13.2 Å². The van der Waals surface area contributed by atoms with Gasteiger partial charge in [-0.25, -0.2) is 8.42 Å². The smallest absolute Gasteiger partial charge is 0.232 e. The molecule has 2 heterocycles. The lowest BCUT2D eigenvalue weighted by Gasteiger charge is -2.26. The van der Waals surface area contributed by atoms with E-state index in [1.54, 1.807) is 18.2 Å². The second-order valence-electron chi connectivity index (χ2n) is 7.71. The van der Waals surface area contributed by atoms with Gasteiger partial charge in [0.15, 0.2) is 11.5 Å². The van der Waals surface area contributed by atoms with Crippen molar-refractivity contribution >= 4 is 27.3 Å². The first-order valence-corrected chi connectivity index (χ1v) is 12.0. The van der Waals surface area contributed by atoms with Gasteiger partial charge in [-0.3, -0.25) is 9.10 Å². The van der Waals surface area contributed by atoms with Gasteiger partial charge >= 0.3 is 0 Å². The Bertz CT molecular complexity index is 1050. The van der Waals surface area contributed by atoms with Crippen molar-refractivity contribution in [3.05, 3.63) is 48.0 Å². The van der Waals surface area contributed by atoms with Gasteiger partial charge < -0.3 is 14.4 Å². The summed E-state index contributed by atoms with van der Waals surface area (Å²) in [7, 11) is -3.51. The van der Waals surface area contributed by atoms with Crippen LogP contribution in [0.25, 0.3) is 0 Å². The maximum Gasteiger partial charge on any atom is 0.232 e. The zero-order chi connectivity index (χ0) is 21.3. The fraction of sp³-hybridized carbons (Fsp3) is 0.409. The summed E-state index contributed by atoms with van der Waals surface area (Å²) in [6.07, 6.45) is 2.71. The molecule has 0 aromatic heterocycles. The van der Waals surface area contributed by atoms with Crippen molar-refractivity contribution in [3.8, 4) is 11.5 Å². The number of para-hydroxylation sites is 1. The Morgan fingerprint density at radius 3 is 2.63 bits per heavy atom. The summed E-state index contributed by atoms with van der Waals surface area (Å²) in [6, 6.07) is 13.1. The van der Waals surface area contributed by atoms with E-state index in [2.05, 4.69) is 0 Å². The predicted octanol–water partition coefficient (Wildman–Crippen LogP) is 2.98. The minimum atomic E-state index is -3.51. The van der Waals surface area contributed by atoms with Crippen LogP contribution in [0.1, 0.15) is 25.3 Å². The molecule has 8 heteroatoms. The Morgan fingerprint density at radius 2 is 1.87 bits per heavy atom. The molecule has 2 aliphatic rings. The Morgan fingerprint density at radius 1 is 1.13 bits per heavy atom. The second-order valence-corrected chi connectivity index (χ2v) is 9.62. The standard InChI is InChI=1S/C22H26N2O5S/c1-16-14-17-6-3-4-7-19(17)24(16)22(25)8-5-11-23(30(2,26)27)18-9-10-20-21(15-18)29-13-12-28-20/h3-4,6-7,9-10,15-16H,5,8,11-14H2,1-2H3/t16-/m1/s1. The molecule has 2 aromatic carbocycles. The van der Waals surface area contributed by atoms with Crippen molar-refractivity contribution in [1.29, 1.82) is 0 Å². The van der Waals surface area contributed by atoms with Gasteiger partial charge in [-0.2, -0.15) is 0 Å². The number of carbonyl (C=O) groups excluding carboxylic acids is 1. The van der Waals surface area contributed by atoms with E-state index in [0.717, 1.165) is 12.1 Å². The van der Waals surface area contributed by atoms with Gasteiger partial charge in [0.25, 0.3) is 0 Å². The van der Waals surface area contributed by atoms with Crippen LogP contribution < -0.4 is 18.7 Å². The third kappa shape index (κ3) is 4.09. The fourth-order valence-electron chi connectivity index (χ4n) is 4.11. The fourth-order valence-corrected chi connectivity index (χ4v) is 5.07. The van der Waals surface area contributed by atoms with Crippen LogP contribution in [0.5, 0.6) is 11.5 Å². The summed E-state index contributed by atoms with van der Waals surface area (Å²) in [5, 5.41) is 0. The number of hydrogen-bond donors (Lipinski definition) is 0. The molecular formula is C22H26N2O5S. The molecule has 0 saturated heterocycles. The minimum Gasteiger partial charge on any atom is -0.486 e. The predicted molar refractivity (Wildman–Crippen MR) is 116 cm³/mol. The molecule has 4 rings (SSSR count). The van der Waals surface area contributed by atoms with Crippen LogP contribution in [0.3, 0.4) is 0 Å². The average molecular weight is 431 g/mol. The summed E-state index contributed by atoms with van der Waals surface area (Å²) >= 11 is 0. The SMILES string of the molecule is C[C@@H]1Cc2ccccc2N1C(=O)CCCN(c1ccc2c(c1)OCCO2)S(C)(=O)=O. The van der Waals surface area contributed by atoms with Gasteiger partial charge in [0.05, 0.1) is 11.9 Å². The van der Waals surface area contributed by atoms with Crippen LogP contribution in [0.2, 0.25) is 0 Å². The first-order valence-electron chi connectivity index (χ1n) is 10.1. The number of hydrogen-bond acceptors (Lipinski definition) is 5. The number of fused-ring (bicyclic) bond motifs is 2. The van der Waals surface area contributed by atoms with E-state index in [1.807, 2.05) is 36.1 Å². The number of nitrogens with zero attached hydrogens (tertiary/aromatic N) is 2. The number of sulfonamides is 1. The van der Waals surface area contributed by atoms with E-state index < -0.39 is 10.0 Å². The number of rotatable bonds is 6. The quantitative estimate of drug-likeness (QED) is 0.704. The monoisotopic (exact) mass is 430 g/mol. The molecule has 160 valence electrons. The van der Waals surface area contributed by atoms with Gasteiger partial charge in [-0.1, -0.05) is 18.2 Å². The van der Waals surface area contributed by atoms with Crippen LogP contribution in [-0.2, 0) is 21.2 Å². The van der Waals surface area contributed by atoms with Crippen LogP contribution in [0, 0.1) is 0 Å². The maximum absolute atomic E-state index is 12.9. The molecule has 2 aromatic rings. The van der Waals surface area contributed by atoms with Gasteiger partial charge in [-0.05, 0) is 43.5 Å². The second kappa shape index (κ2) is 8.18. The van der Waals surface area contributed by atoms with E-state index in [-0.39, 0.29) is 24.9 Å². The number of benzene rings is 2. The molecule has 30 heavy (non-hydrogen) atoms. The van der Waals surface area contributed by atoms with Crippen molar-refractivity contribution in [3.63, 3.8) is 0 Å². The minimum absolute atomic E-state index is 0.0167. The van der Waals surface area contributed by atoms with Gasteiger partial charge in [0, 0.05) is 30.8 Å². The Labute approximate surface area is 177 Å². The molecule has 1 amide bonds. The number of amides is 1. The highest BCUT2D eigenvalue weighted by Gasteiger charge is 2.30. The number of anilines is 2. The summed E-state index contributed by atoms with van der Waals surface area (Å²) in [5.41, 5.74) is 2.64. The third-order valence-electron chi connectivity index (χ3n) is 5.44. The maximum atomic E-state index is 12.9. The van der Waals surface area contributed by atoms with Crippen LogP contribution in [0.15, 0.2) is 42.5 Å². The van der Waals surface area contributed by atoms with Crippen LogP contribution in [-0.4, -0.2) is 46.4 Å². The normalized spacial score (nSPS) is 17.5. The lowest BCUT2D eigenvalue weighted by Crippen LogP contribution is -2.37. The molecule has 0 radical (unpaired) electrons. The summed E-state index contributed by atoms with van der Waals surface area (Å²) < 4.78 is 37.2. The van der Waals surface area contributed by atoms with Crippen molar-refractivity contribution in [2.24, 2.45) is 0 Å².